The minimum atomic E-state index is -0.0109. The maximum atomic E-state index is 12.7. The number of hydrogen-bond donors (Lipinski definition) is 1. The molecule has 0 bridgehead atoms. The first-order valence-corrected chi connectivity index (χ1v) is 12.8. The van der Waals surface area contributed by atoms with Crippen molar-refractivity contribution in [2.45, 2.75) is 45.3 Å². The Labute approximate surface area is 214 Å². The Balaban J connectivity index is 1.36. The molecule has 0 radical (unpaired) electrons. The molecule has 1 heterocycles. The van der Waals surface area contributed by atoms with Crippen molar-refractivity contribution in [2.75, 3.05) is 0 Å². The third-order valence-electron chi connectivity index (χ3n) is 6.18. The zero-order valence-electron chi connectivity index (χ0n) is 20.2. The number of nitriles is 1. The average molecular weight is 495 g/mol. The standard InChI is InChI=1S/C29H26N4O2S/c1-18(2)35-26-14-11-20(16-21(26)17-30)28-32-33-29(36-28)24-10-6-9-23-22(24)12-13-25(23)31-27(34)15-19-7-4-3-5-8-19/h3-11,14,16,18,25H,12-13,15H2,1-2H3,(H,31,34)/t25-/m1/s1. The largest absolute Gasteiger partial charge is 0.490 e. The van der Waals surface area contributed by atoms with Crippen LogP contribution in [0.25, 0.3) is 21.1 Å². The monoisotopic (exact) mass is 494 g/mol. The number of ether oxygens (including phenoxy) is 1. The van der Waals surface area contributed by atoms with Crippen LogP contribution in [0.15, 0.2) is 66.7 Å². The second-order valence-electron chi connectivity index (χ2n) is 9.10. The minimum absolute atomic E-state index is 0.00441. The second kappa shape index (κ2) is 10.3. The molecule has 5 rings (SSSR count). The summed E-state index contributed by atoms with van der Waals surface area (Å²) in [5, 5.41) is 23.3. The maximum Gasteiger partial charge on any atom is 0.224 e. The van der Waals surface area contributed by atoms with E-state index in [1.54, 1.807) is 6.07 Å². The molecule has 6 nitrogen and oxygen atoms in total. The van der Waals surface area contributed by atoms with Crippen molar-refractivity contribution in [1.82, 2.24) is 15.5 Å². The van der Waals surface area contributed by atoms with Gasteiger partial charge in [0.2, 0.25) is 5.91 Å². The van der Waals surface area contributed by atoms with E-state index in [2.05, 4.69) is 33.7 Å². The van der Waals surface area contributed by atoms with Gasteiger partial charge in [-0.2, -0.15) is 5.26 Å². The van der Waals surface area contributed by atoms with E-state index in [-0.39, 0.29) is 18.1 Å². The Morgan fingerprint density at radius 2 is 1.92 bits per heavy atom. The van der Waals surface area contributed by atoms with Gasteiger partial charge in [0.15, 0.2) is 0 Å². The molecule has 180 valence electrons. The molecule has 1 aromatic heterocycles. The van der Waals surface area contributed by atoms with Crippen LogP contribution in [-0.4, -0.2) is 22.2 Å². The van der Waals surface area contributed by atoms with Gasteiger partial charge in [0.25, 0.3) is 0 Å². The number of carbonyl (C=O) groups is 1. The minimum Gasteiger partial charge on any atom is -0.490 e. The molecule has 1 amide bonds. The van der Waals surface area contributed by atoms with Gasteiger partial charge in [-0.15, -0.1) is 10.2 Å². The number of aromatic nitrogens is 2. The number of amides is 1. The molecule has 0 spiro atoms. The fourth-order valence-corrected chi connectivity index (χ4v) is 5.48. The topological polar surface area (TPSA) is 87.9 Å². The van der Waals surface area contributed by atoms with Crippen molar-refractivity contribution in [1.29, 1.82) is 5.26 Å². The molecule has 36 heavy (non-hydrogen) atoms. The van der Waals surface area contributed by atoms with Crippen LogP contribution >= 0.6 is 11.3 Å². The summed E-state index contributed by atoms with van der Waals surface area (Å²) in [6, 6.07) is 23.7. The van der Waals surface area contributed by atoms with Crippen LogP contribution in [-0.2, 0) is 17.6 Å². The van der Waals surface area contributed by atoms with Crippen molar-refractivity contribution >= 4 is 17.2 Å². The average Bonchev–Trinajstić information content (AvgIpc) is 3.52. The molecule has 1 N–H and O–H groups in total. The molecule has 1 aliphatic rings. The maximum absolute atomic E-state index is 12.7. The SMILES string of the molecule is CC(C)Oc1ccc(-c2nnc(-c3cccc4c3CC[C@H]4NC(=O)Cc3ccccc3)s2)cc1C#N. The van der Waals surface area contributed by atoms with Crippen LogP contribution < -0.4 is 10.1 Å². The van der Waals surface area contributed by atoms with Gasteiger partial charge in [-0.1, -0.05) is 59.9 Å². The summed E-state index contributed by atoms with van der Waals surface area (Å²) >= 11 is 1.50. The highest BCUT2D eigenvalue weighted by molar-refractivity contribution is 7.17. The highest BCUT2D eigenvalue weighted by Gasteiger charge is 2.27. The molecular weight excluding hydrogens is 468 g/mol. The lowest BCUT2D eigenvalue weighted by atomic mass is 10.0. The van der Waals surface area contributed by atoms with Gasteiger partial charge in [-0.25, -0.2) is 0 Å². The molecule has 4 aromatic rings. The number of fused-ring (bicyclic) bond motifs is 1. The molecule has 0 saturated carbocycles. The van der Waals surface area contributed by atoms with Gasteiger partial charge in [-0.3, -0.25) is 4.79 Å². The predicted molar refractivity (Wildman–Crippen MR) is 141 cm³/mol. The number of nitrogens with zero attached hydrogens (tertiary/aromatic N) is 3. The van der Waals surface area contributed by atoms with Gasteiger partial charge < -0.3 is 10.1 Å². The lowest BCUT2D eigenvalue weighted by Gasteiger charge is -2.15. The quantitative estimate of drug-likeness (QED) is 0.347. The Bertz CT molecular complexity index is 1440. The van der Waals surface area contributed by atoms with Crippen molar-refractivity contribution in [3.8, 4) is 33.0 Å². The molecule has 1 aliphatic carbocycles. The number of nitrogens with one attached hydrogen (secondary N) is 1. The number of carbonyl (C=O) groups excluding carboxylic acids is 1. The summed E-state index contributed by atoms with van der Waals surface area (Å²) in [5.41, 5.74) is 5.73. The third kappa shape index (κ3) is 5.00. The van der Waals surface area contributed by atoms with Crippen LogP contribution in [0, 0.1) is 11.3 Å². The Morgan fingerprint density at radius 1 is 1.11 bits per heavy atom. The van der Waals surface area contributed by atoms with E-state index in [1.165, 1.54) is 16.9 Å². The molecule has 0 saturated heterocycles. The third-order valence-corrected chi connectivity index (χ3v) is 7.18. The van der Waals surface area contributed by atoms with Crippen molar-refractivity contribution in [3.63, 3.8) is 0 Å². The summed E-state index contributed by atoms with van der Waals surface area (Å²) in [5.74, 6) is 0.600. The zero-order valence-corrected chi connectivity index (χ0v) is 21.0. The van der Waals surface area contributed by atoms with E-state index in [9.17, 15) is 10.1 Å². The summed E-state index contributed by atoms with van der Waals surface area (Å²) in [6.07, 6.45) is 2.10. The van der Waals surface area contributed by atoms with E-state index in [1.807, 2.05) is 62.4 Å². The smallest absolute Gasteiger partial charge is 0.224 e. The zero-order chi connectivity index (χ0) is 25.1. The van der Waals surface area contributed by atoms with Crippen LogP contribution in [0.5, 0.6) is 5.75 Å². The van der Waals surface area contributed by atoms with Crippen LogP contribution in [0.3, 0.4) is 0 Å². The Morgan fingerprint density at radius 3 is 2.69 bits per heavy atom. The van der Waals surface area contributed by atoms with E-state index in [4.69, 9.17) is 4.74 Å². The fourth-order valence-electron chi connectivity index (χ4n) is 4.59. The van der Waals surface area contributed by atoms with Gasteiger partial charge in [0.1, 0.15) is 21.8 Å². The van der Waals surface area contributed by atoms with E-state index < -0.39 is 0 Å². The molecular formula is C29H26N4O2S. The lowest BCUT2D eigenvalue weighted by molar-refractivity contribution is -0.121. The molecule has 0 unspecified atom stereocenters. The summed E-state index contributed by atoms with van der Waals surface area (Å²) < 4.78 is 5.74. The second-order valence-corrected chi connectivity index (χ2v) is 10.1. The molecule has 3 aromatic carbocycles. The highest BCUT2D eigenvalue weighted by atomic mass is 32.1. The first-order valence-electron chi connectivity index (χ1n) is 12.0. The molecule has 0 aliphatic heterocycles. The van der Waals surface area contributed by atoms with E-state index >= 15 is 0 Å². The predicted octanol–water partition coefficient (Wildman–Crippen LogP) is 5.88. The molecule has 0 fully saturated rings. The molecule has 7 heteroatoms. The van der Waals surface area contributed by atoms with Crippen molar-refractivity contribution < 1.29 is 9.53 Å². The normalized spacial score (nSPS) is 14.3. The van der Waals surface area contributed by atoms with Crippen LogP contribution in [0.1, 0.15) is 48.6 Å². The van der Waals surface area contributed by atoms with Crippen molar-refractivity contribution in [2.24, 2.45) is 0 Å². The number of benzene rings is 3. The first kappa shape index (κ1) is 23.7. The fraction of sp³-hybridized carbons (Fsp3) is 0.241. The molecule has 1 atom stereocenters. The Kier molecular flexibility index (Phi) is 6.79. The van der Waals surface area contributed by atoms with E-state index in [0.29, 0.717) is 17.7 Å². The van der Waals surface area contributed by atoms with Crippen LogP contribution in [0.2, 0.25) is 0 Å². The van der Waals surface area contributed by atoms with Gasteiger partial charge in [-0.05, 0) is 61.6 Å². The summed E-state index contributed by atoms with van der Waals surface area (Å²) in [7, 11) is 0. The Hall–Kier alpha value is -4.02. The lowest BCUT2D eigenvalue weighted by Crippen LogP contribution is -2.28. The summed E-state index contributed by atoms with van der Waals surface area (Å²) in [6.45, 7) is 3.87. The van der Waals surface area contributed by atoms with Crippen LogP contribution in [0.4, 0.5) is 0 Å². The number of hydrogen-bond acceptors (Lipinski definition) is 6. The summed E-state index contributed by atoms with van der Waals surface area (Å²) in [4.78, 5) is 12.7. The van der Waals surface area contributed by atoms with Gasteiger partial charge in [0.05, 0.1) is 24.1 Å². The van der Waals surface area contributed by atoms with Gasteiger partial charge >= 0.3 is 0 Å². The number of rotatable bonds is 7. The van der Waals surface area contributed by atoms with Gasteiger partial charge in [0, 0.05) is 11.1 Å². The van der Waals surface area contributed by atoms with Crippen molar-refractivity contribution in [3.05, 3.63) is 89.0 Å². The van der Waals surface area contributed by atoms with E-state index in [0.717, 1.165) is 45.1 Å². The highest BCUT2D eigenvalue weighted by Crippen LogP contribution is 2.40. The first-order chi connectivity index (χ1) is 17.5.